The summed E-state index contributed by atoms with van der Waals surface area (Å²) in [6, 6.07) is 8.43. The number of hydrogen-bond acceptors (Lipinski definition) is 11. The molecule has 0 radical (unpaired) electrons. The van der Waals surface area contributed by atoms with E-state index in [4.69, 9.17) is 9.47 Å². The third-order valence-corrected chi connectivity index (χ3v) is 13.7. The SMILES string of the molecule is CC=N/C(=C/c1c2c3cc(ccc3n1CC)-c1cc(O)cc(c1)C[C@H](NC(=O)[C@H](C(C)C)N(C)C(=O)C1CC(/C=C/S(C)(=O)=O)C1)C(=O)N1CCC[C@H](N1)C(=O)OCC(C)(C)C2)[C@H](C)OC. The van der Waals surface area contributed by atoms with Gasteiger partial charge in [0.15, 0.2) is 9.84 Å². The number of aromatic nitrogens is 1. The zero-order valence-electron chi connectivity index (χ0n) is 40.1. The van der Waals surface area contributed by atoms with E-state index in [1.807, 2.05) is 39.8 Å². The fourth-order valence-electron chi connectivity index (χ4n) is 9.46. The van der Waals surface area contributed by atoms with Crippen LogP contribution in [0.5, 0.6) is 5.75 Å². The van der Waals surface area contributed by atoms with Crippen LogP contribution >= 0.6 is 0 Å². The zero-order valence-corrected chi connectivity index (χ0v) is 40.9. The van der Waals surface area contributed by atoms with Gasteiger partial charge in [-0.2, -0.15) is 0 Å². The molecule has 16 heteroatoms. The van der Waals surface area contributed by atoms with Crippen LogP contribution in [0.25, 0.3) is 28.1 Å². The van der Waals surface area contributed by atoms with E-state index in [0.717, 1.165) is 45.1 Å². The van der Waals surface area contributed by atoms with E-state index in [0.29, 0.717) is 49.8 Å². The Labute approximate surface area is 389 Å². The highest BCUT2D eigenvalue weighted by Crippen LogP contribution is 2.39. The number of phenolic OH excluding ortho intramolecular Hbond substituents is 1. The number of hydrazine groups is 1. The number of sulfone groups is 1. The molecule has 2 fully saturated rings. The Balaban J connectivity index is 1.41. The number of benzene rings is 2. The second-order valence-electron chi connectivity index (χ2n) is 19.3. The summed E-state index contributed by atoms with van der Waals surface area (Å²) in [4.78, 5) is 62.9. The molecule has 3 heterocycles. The lowest BCUT2D eigenvalue weighted by Gasteiger charge is -2.39. The summed E-state index contributed by atoms with van der Waals surface area (Å²) in [5, 5.41) is 17.8. The Morgan fingerprint density at radius 3 is 2.50 bits per heavy atom. The van der Waals surface area contributed by atoms with Crippen LogP contribution in [-0.2, 0) is 57.9 Å². The van der Waals surface area contributed by atoms with Crippen molar-refractivity contribution in [2.24, 2.45) is 28.2 Å². The monoisotopic (exact) mass is 928 g/mol. The Morgan fingerprint density at radius 1 is 1.12 bits per heavy atom. The lowest BCUT2D eigenvalue weighted by molar-refractivity contribution is -0.155. The molecule has 0 unspecified atom stereocenters. The van der Waals surface area contributed by atoms with E-state index in [9.17, 15) is 32.7 Å². The molecule has 3 N–H and O–H groups in total. The highest BCUT2D eigenvalue weighted by molar-refractivity contribution is 7.93. The summed E-state index contributed by atoms with van der Waals surface area (Å²) < 4.78 is 37.3. The number of esters is 1. The van der Waals surface area contributed by atoms with Crippen LogP contribution in [0.2, 0.25) is 0 Å². The minimum atomic E-state index is -3.30. The van der Waals surface area contributed by atoms with Gasteiger partial charge in [0.2, 0.25) is 11.8 Å². The summed E-state index contributed by atoms with van der Waals surface area (Å²) in [5.74, 6) is -2.53. The van der Waals surface area contributed by atoms with E-state index in [2.05, 4.69) is 59.3 Å². The zero-order chi connectivity index (χ0) is 48.2. The van der Waals surface area contributed by atoms with E-state index in [1.54, 1.807) is 38.6 Å². The Kier molecular flexibility index (Phi) is 15.7. The summed E-state index contributed by atoms with van der Waals surface area (Å²) in [6.07, 6.45) is 8.66. The Bertz CT molecular complexity index is 2520. The van der Waals surface area contributed by atoms with Crippen LogP contribution in [0.4, 0.5) is 0 Å². The summed E-state index contributed by atoms with van der Waals surface area (Å²) in [5.41, 5.74) is 8.45. The molecule has 2 aliphatic heterocycles. The molecule has 0 spiro atoms. The van der Waals surface area contributed by atoms with Gasteiger partial charge in [-0.05, 0) is 117 Å². The first-order valence-corrected chi connectivity index (χ1v) is 25.0. The number of rotatable bonds is 12. The maximum atomic E-state index is 14.7. The van der Waals surface area contributed by atoms with Gasteiger partial charge >= 0.3 is 5.97 Å². The molecule has 66 heavy (non-hydrogen) atoms. The van der Waals surface area contributed by atoms with Crippen molar-refractivity contribution in [3.8, 4) is 16.9 Å². The number of aryl methyl sites for hydroxylation is 1. The number of carbonyl (C=O) groups excluding carboxylic acids is 4. The molecule has 1 saturated carbocycles. The fraction of sp³-hybridized carbons (Fsp3) is 0.540. The Morgan fingerprint density at radius 2 is 1.85 bits per heavy atom. The first-order valence-electron chi connectivity index (χ1n) is 23.0. The highest BCUT2D eigenvalue weighted by atomic mass is 32.2. The lowest BCUT2D eigenvalue weighted by atomic mass is 9.74. The van der Waals surface area contributed by atoms with Gasteiger partial charge < -0.3 is 29.4 Å². The molecular weight excluding hydrogens is 861 g/mol. The first kappa shape index (κ1) is 50.1. The number of amides is 3. The molecule has 15 nitrogen and oxygen atoms in total. The lowest BCUT2D eigenvalue weighted by Crippen LogP contribution is -2.62. The van der Waals surface area contributed by atoms with Crippen molar-refractivity contribution in [1.29, 1.82) is 0 Å². The third kappa shape index (κ3) is 11.6. The summed E-state index contributed by atoms with van der Waals surface area (Å²) in [7, 11) is -0.0614. The third-order valence-electron chi connectivity index (χ3n) is 13.0. The van der Waals surface area contributed by atoms with Gasteiger partial charge in [-0.15, -0.1) is 0 Å². The number of allylic oxidation sites excluding steroid dienone is 1. The quantitative estimate of drug-likeness (QED) is 0.139. The predicted molar refractivity (Wildman–Crippen MR) is 257 cm³/mol. The maximum Gasteiger partial charge on any atom is 0.324 e. The fourth-order valence-corrected chi connectivity index (χ4v) is 9.97. The first-order chi connectivity index (χ1) is 31.1. The van der Waals surface area contributed by atoms with E-state index >= 15 is 0 Å². The van der Waals surface area contributed by atoms with Gasteiger partial charge in [0, 0.05) is 79.5 Å². The minimum Gasteiger partial charge on any atom is -0.508 e. The second kappa shape index (κ2) is 20.7. The number of carbonyl (C=O) groups is 4. The molecule has 4 atom stereocenters. The number of hydrogen-bond donors (Lipinski definition) is 3. The van der Waals surface area contributed by atoms with E-state index in [1.165, 1.54) is 9.91 Å². The number of phenols is 1. The highest BCUT2D eigenvalue weighted by Gasteiger charge is 2.41. The molecule has 1 saturated heterocycles. The van der Waals surface area contributed by atoms with E-state index in [-0.39, 0.29) is 55.1 Å². The van der Waals surface area contributed by atoms with Crippen LogP contribution in [0.15, 0.2) is 58.6 Å². The van der Waals surface area contributed by atoms with Crippen LogP contribution < -0.4 is 10.7 Å². The number of methoxy groups -OCH3 is 1. The largest absolute Gasteiger partial charge is 0.508 e. The van der Waals surface area contributed by atoms with Gasteiger partial charge in [-0.3, -0.25) is 29.2 Å². The summed E-state index contributed by atoms with van der Waals surface area (Å²) >= 11 is 0. The average Bonchev–Trinajstić information content (AvgIpc) is 3.52. The van der Waals surface area contributed by atoms with Crippen LogP contribution in [0.3, 0.4) is 0 Å². The van der Waals surface area contributed by atoms with Gasteiger partial charge in [0.25, 0.3) is 5.91 Å². The van der Waals surface area contributed by atoms with Gasteiger partial charge in [-0.1, -0.05) is 45.9 Å². The molecule has 3 aliphatic rings. The average molecular weight is 929 g/mol. The molecule has 3 aromatic rings. The molecule has 1 aliphatic carbocycles. The maximum absolute atomic E-state index is 14.7. The topological polar surface area (TPSA) is 189 Å². The van der Waals surface area contributed by atoms with Gasteiger partial charge in [-0.25, -0.2) is 13.8 Å². The van der Waals surface area contributed by atoms with Crippen LogP contribution in [0, 0.1) is 23.2 Å². The molecule has 1 aromatic heterocycles. The number of aromatic hydroxyl groups is 1. The molecule has 6 rings (SSSR count). The van der Waals surface area contributed by atoms with Crippen molar-refractivity contribution in [1.82, 2.24) is 25.2 Å². The molecule has 3 amide bonds. The second-order valence-corrected chi connectivity index (χ2v) is 21.2. The van der Waals surface area contributed by atoms with Crippen LogP contribution in [0.1, 0.15) is 91.0 Å². The van der Waals surface area contributed by atoms with Crippen molar-refractivity contribution >= 4 is 56.7 Å². The van der Waals surface area contributed by atoms with Gasteiger partial charge in [0.05, 0.1) is 18.4 Å². The molecule has 358 valence electrons. The number of likely N-dealkylation sites (N-methyl/N-ethyl adjacent to an activating group) is 1. The number of nitrogens with one attached hydrogen (secondary N) is 2. The normalized spacial score (nSPS) is 22.8. The van der Waals surface area contributed by atoms with Crippen molar-refractivity contribution in [3.63, 3.8) is 0 Å². The van der Waals surface area contributed by atoms with Crippen LogP contribution in [-0.4, -0.2) is 116 Å². The standard InChI is InChI=1S/C50H68N6O9S/c1-11-51-41(31(5)64-9)27-44-39-28-50(6,7)29-65-49(61)40-14-13-18-56(53-40)48(60)42(24-33-22-35(25-37(57)23-33)34-15-16-43(38(39)26-34)55(44)12-2)52-46(58)45(30(3)4)54(8)47(59)36-20-32(21-36)17-19-66(10,62)63/h11,15-17,19,22-23,25-27,30-32,36,40,42,45,53,57H,12-14,18,20-21,24,28-29H2,1-10H3,(H,52,58)/b19-17+,41-27+,51-11?/t31-,32?,36?,40-,42-,45-/m0/s1. The smallest absolute Gasteiger partial charge is 0.324 e. The number of ether oxygens (including phenoxy) is 2. The minimum absolute atomic E-state index is 0.0139. The van der Waals surface area contributed by atoms with Crippen molar-refractivity contribution in [2.75, 3.05) is 33.6 Å². The van der Waals surface area contributed by atoms with E-state index < -0.39 is 51.2 Å². The number of nitrogens with zero attached hydrogens (tertiary/aromatic N) is 4. The van der Waals surface area contributed by atoms with Crippen molar-refractivity contribution < 1.29 is 42.2 Å². The number of cyclic esters (lactones) is 1. The Hall–Kier alpha value is -5.32. The molecule has 2 aromatic carbocycles. The van der Waals surface area contributed by atoms with Crippen molar-refractivity contribution in [2.45, 2.75) is 118 Å². The predicted octanol–water partition coefficient (Wildman–Crippen LogP) is 6.22. The summed E-state index contributed by atoms with van der Waals surface area (Å²) in [6.45, 7) is 14.7. The number of fused-ring (bicyclic) bond motifs is 6. The molecular formula is C50H68N6O9S. The molecule has 6 bridgehead atoms. The van der Waals surface area contributed by atoms with Gasteiger partial charge in [0.1, 0.15) is 23.9 Å². The number of aliphatic imine (C=N–C) groups is 1. The van der Waals surface area contributed by atoms with Crippen molar-refractivity contribution in [3.05, 3.63) is 70.4 Å².